The molecule has 21 heavy (non-hydrogen) atoms. The summed E-state index contributed by atoms with van der Waals surface area (Å²) in [6.45, 7) is 0.323. The van der Waals surface area contributed by atoms with Crippen molar-refractivity contribution in [3.63, 3.8) is 0 Å². The molecule has 0 aliphatic carbocycles. The number of benzene rings is 1. The van der Waals surface area contributed by atoms with E-state index in [1.807, 2.05) is 0 Å². The molecule has 0 bridgehead atoms. The van der Waals surface area contributed by atoms with Gasteiger partial charge in [-0.25, -0.2) is 8.42 Å². The number of halogens is 1. The molecule has 1 heterocycles. The molecule has 1 aliphatic heterocycles. The molecule has 116 valence electrons. The molecule has 1 aromatic rings. The third kappa shape index (κ3) is 3.20. The lowest BCUT2D eigenvalue weighted by atomic mass is 10.0. The molecule has 0 saturated carbocycles. The highest BCUT2D eigenvalue weighted by Gasteiger charge is 2.31. The van der Waals surface area contributed by atoms with Gasteiger partial charge in [0.1, 0.15) is 0 Å². The number of aliphatic hydroxyl groups is 1. The fourth-order valence-corrected chi connectivity index (χ4v) is 3.91. The molecule has 7 nitrogen and oxygen atoms in total. The van der Waals surface area contributed by atoms with Gasteiger partial charge < -0.3 is 5.11 Å². The van der Waals surface area contributed by atoms with Crippen LogP contribution in [-0.2, 0) is 10.0 Å². The average molecular weight is 318 g/mol. The molecule has 9 heteroatoms. The summed E-state index contributed by atoms with van der Waals surface area (Å²) in [6.07, 6.45) is 1.33. The number of rotatable bonds is 4. The van der Waals surface area contributed by atoms with Gasteiger partial charge in [-0.15, -0.1) is 0 Å². The lowest BCUT2D eigenvalue weighted by Gasteiger charge is -2.30. The third-order valence-corrected chi connectivity index (χ3v) is 5.35. The Morgan fingerprint density at radius 3 is 2.81 bits per heavy atom. The van der Waals surface area contributed by atoms with E-state index in [0.717, 1.165) is 24.6 Å². The maximum Gasteiger partial charge on any atom is 0.306 e. The van der Waals surface area contributed by atoms with E-state index >= 15 is 0 Å². The fourth-order valence-electron chi connectivity index (χ4n) is 2.34. The summed E-state index contributed by atoms with van der Waals surface area (Å²) in [5.74, 6) is -1.23. The van der Waals surface area contributed by atoms with Crippen LogP contribution in [0.2, 0.25) is 0 Å². The van der Waals surface area contributed by atoms with Crippen LogP contribution in [-0.4, -0.2) is 42.4 Å². The van der Waals surface area contributed by atoms with E-state index < -0.39 is 26.5 Å². The number of hydrogen-bond donors (Lipinski definition) is 1. The Kier molecular flexibility index (Phi) is 4.55. The van der Waals surface area contributed by atoms with Crippen molar-refractivity contribution < 1.29 is 22.8 Å². The first-order valence-corrected chi connectivity index (χ1v) is 7.85. The van der Waals surface area contributed by atoms with Crippen LogP contribution in [0.5, 0.6) is 0 Å². The largest absolute Gasteiger partial charge is 0.396 e. The summed E-state index contributed by atoms with van der Waals surface area (Å²) in [5.41, 5.74) is -0.869. The summed E-state index contributed by atoms with van der Waals surface area (Å²) in [4.78, 5) is 9.43. The van der Waals surface area contributed by atoms with Gasteiger partial charge in [-0.2, -0.15) is 8.70 Å². The van der Waals surface area contributed by atoms with Crippen molar-refractivity contribution in [2.75, 3.05) is 19.7 Å². The van der Waals surface area contributed by atoms with Crippen LogP contribution in [0.3, 0.4) is 0 Å². The lowest BCUT2D eigenvalue weighted by molar-refractivity contribution is -0.387. The first-order chi connectivity index (χ1) is 9.86. The van der Waals surface area contributed by atoms with Gasteiger partial charge >= 0.3 is 5.69 Å². The number of aliphatic hydroxyl groups excluding tert-OH is 1. The molecular formula is C12H15FN2O5S. The Balaban J connectivity index is 2.35. The van der Waals surface area contributed by atoms with Crippen molar-refractivity contribution in [1.29, 1.82) is 0 Å². The minimum atomic E-state index is -3.93. The Labute approximate surface area is 121 Å². The molecule has 1 N–H and O–H groups in total. The highest BCUT2D eigenvalue weighted by molar-refractivity contribution is 7.89. The summed E-state index contributed by atoms with van der Waals surface area (Å²) in [5, 5.41) is 19.8. The molecule has 1 fully saturated rings. The van der Waals surface area contributed by atoms with E-state index in [2.05, 4.69) is 0 Å². The minimum Gasteiger partial charge on any atom is -0.396 e. The number of sulfonamides is 1. The van der Waals surface area contributed by atoms with Gasteiger partial charge in [-0.3, -0.25) is 10.1 Å². The van der Waals surface area contributed by atoms with Gasteiger partial charge in [0.2, 0.25) is 15.8 Å². The molecule has 0 aromatic heterocycles. The SMILES string of the molecule is O=[N+]([O-])c1cc(S(=O)(=O)N2CCCC(CO)C2)ccc1F. The summed E-state index contributed by atoms with van der Waals surface area (Å²) < 4.78 is 39.3. The molecule has 1 saturated heterocycles. The zero-order valence-electron chi connectivity index (χ0n) is 11.1. The molecule has 2 rings (SSSR count). The van der Waals surface area contributed by atoms with Crippen molar-refractivity contribution in [2.45, 2.75) is 17.7 Å². The molecule has 1 aliphatic rings. The second kappa shape index (κ2) is 6.04. The van der Waals surface area contributed by atoms with Crippen LogP contribution >= 0.6 is 0 Å². The molecule has 0 radical (unpaired) electrons. The fraction of sp³-hybridized carbons (Fsp3) is 0.500. The molecule has 1 atom stereocenters. The van der Waals surface area contributed by atoms with E-state index in [0.29, 0.717) is 6.42 Å². The van der Waals surface area contributed by atoms with Crippen molar-refractivity contribution in [1.82, 2.24) is 4.31 Å². The predicted molar refractivity (Wildman–Crippen MR) is 71.6 cm³/mol. The maximum atomic E-state index is 13.3. The summed E-state index contributed by atoms with van der Waals surface area (Å²) in [7, 11) is -3.93. The first-order valence-electron chi connectivity index (χ1n) is 6.41. The van der Waals surface area contributed by atoms with Crippen LogP contribution < -0.4 is 0 Å². The van der Waals surface area contributed by atoms with Gasteiger partial charge in [-0.05, 0) is 30.9 Å². The Morgan fingerprint density at radius 1 is 1.48 bits per heavy atom. The van der Waals surface area contributed by atoms with Crippen LogP contribution in [0.1, 0.15) is 12.8 Å². The Morgan fingerprint density at radius 2 is 2.19 bits per heavy atom. The quantitative estimate of drug-likeness (QED) is 0.662. The van der Waals surface area contributed by atoms with E-state index in [-0.39, 0.29) is 30.5 Å². The molecule has 0 amide bonds. The molecule has 0 spiro atoms. The second-order valence-corrected chi connectivity index (χ2v) is 6.86. The number of nitro benzene ring substituents is 1. The monoisotopic (exact) mass is 318 g/mol. The van der Waals surface area contributed by atoms with Crippen LogP contribution in [0.25, 0.3) is 0 Å². The topological polar surface area (TPSA) is 101 Å². The zero-order valence-corrected chi connectivity index (χ0v) is 11.9. The standard InChI is InChI=1S/C12H15FN2O5S/c13-11-4-3-10(6-12(11)15(17)18)21(19,20)14-5-1-2-9(7-14)8-16/h3-4,6,9,16H,1-2,5,7-8H2. The van der Waals surface area contributed by atoms with Gasteiger partial charge in [0.25, 0.3) is 0 Å². The minimum absolute atomic E-state index is 0.115. The van der Waals surface area contributed by atoms with Gasteiger partial charge in [0, 0.05) is 25.8 Å². The highest BCUT2D eigenvalue weighted by atomic mass is 32.2. The average Bonchev–Trinajstić information content (AvgIpc) is 2.47. The lowest BCUT2D eigenvalue weighted by Crippen LogP contribution is -2.40. The summed E-state index contributed by atoms with van der Waals surface area (Å²) in [6, 6.07) is 2.52. The molecule has 1 aromatic carbocycles. The van der Waals surface area contributed by atoms with Crippen molar-refractivity contribution >= 4 is 15.7 Å². The van der Waals surface area contributed by atoms with Gasteiger partial charge in [0.15, 0.2) is 0 Å². The zero-order chi connectivity index (χ0) is 15.6. The number of nitro groups is 1. The number of hydrogen-bond acceptors (Lipinski definition) is 5. The van der Waals surface area contributed by atoms with Crippen LogP contribution in [0.4, 0.5) is 10.1 Å². The normalized spacial score (nSPS) is 20.4. The maximum absolute atomic E-state index is 13.3. The van der Waals surface area contributed by atoms with Crippen molar-refractivity contribution in [3.05, 3.63) is 34.1 Å². The van der Waals surface area contributed by atoms with E-state index in [1.54, 1.807) is 0 Å². The first kappa shape index (κ1) is 15.8. The van der Waals surface area contributed by atoms with E-state index in [9.17, 15) is 22.9 Å². The van der Waals surface area contributed by atoms with Crippen molar-refractivity contribution in [3.8, 4) is 0 Å². The number of piperidine rings is 1. The molecule has 1 unspecified atom stereocenters. The van der Waals surface area contributed by atoms with E-state index in [4.69, 9.17) is 5.11 Å². The van der Waals surface area contributed by atoms with E-state index in [1.165, 1.54) is 4.31 Å². The summed E-state index contributed by atoms with van der Waals surface area (Å²) >= 11 is 0. The van der Waals surface area contributed by atoms with Crippen molar-refractivity contribution in [2.24, 2.45) is 5.92 Å². The highest BCUT2D eigenvalue weighted by Crippen LogP contribution is 2.27. The molecular weight excluding hydrogens is 303 g/mol. The second-order valence-electron chi connectivity index (χ2n) is 4.92. The Bertz CT molecular complexity index is 649. The smallest absolute Gasteiger partial charge is 0.306 e. The predicted octanol–water partition coefficient (Wildman–Crippen LogP) is 1.13. The van der Waals surface area contributed by atoms with Gasteiger partial charge in [-0.1, -0.05) is 0 Å². The third-order valence-electron chi connectivity index (χ3n) is 3.49. The number of nitrogens with zero attached hydrogens (tertiary/aromatic N) is 2. The van der Waals surface area contributed by atoms with Gasteiger partial charge in [0.05, 0.1) is 9.82 Å². The Hall–Kier alpha value is -1.58. The van der Waals surface area contributed by atoms with Crippen LogP contribution in [0.15, 0.2) is 23.1 Å². The van der Waals surface area contributed by atoms with Crippen LogP contribution in [0, 0.1) is 21.8 Å².